The largest absolute Gasteiger partial charge is 0.481 e. The summed E-state index contributed by atoms with van der Waals surface area (Å²) >= 11 is 6.06. The first-order valence-electron chi connectivity index (χ1n) is 6.28. The highest BCUT2D eigenvalue weighted by Crippen LogP contribution is 2.27. The van der Waals surface area contributed by atoms with Crippen LogP contribution in [0.5, 0.6) is 0 Å². The number of carboxylic acid groups (broad SMARTS) is 2. The first-order chi connectivity index (χ1) is 9.99. The van der Waals surface area contributed by atoms with Crippen LogP contribution in [0, 0.1) is 0 Å². The molecule has 0 saturated heterocycles. The Bertz CT molecular complexity index is 664. The SMILES string of the molecule is O=C(O)c1ccc(CC(C(=O)O)c2ccccc2Cl)cc1. The lowest BCUT2D eigenvalue weighted by molar-refractivity contribution is -0.138. The summed E-state index contributed by atoms with van der Waals surface area (Å²) in [4.78, 5) is 22.3. The van der Waals surface area contributed by atoms with E-state index in [1.165, 1.54) is 12.1 Å². The molecule has 1 atom stereocenters. The van der Waals surface area contributed by atoms with Crippen LogP contribution in [0.15, 0.2) is 48.5 Å². The molecule has 0 aromatic heterocycles. The van der Waals surface area contributed by atoms with Crippen LogP contribution in [0.1, 0.15) is 27.4 Å². The predicted octanol–water partition coefficient (Wildman–Crippen LogP) is 3.45. The summed E-state index contributed by atoms with van der Waals surface area (Å²) in [7, 11) is 0. The first-order valence-corrected chi connectivity index (χ1v) is 6.66. The van der Waals surface area contributed by atoms with E-state index >= 15 is 0 Å². The van der Waals surface area contributed by atoms with Crippen LogP contribution >= 0.6 is 11.6 Å². The second-order valence-electron chi connectivity index (χ2n) is 4.62. The van der Waals surface area contributed by atoms with Crippen molar-refractivity contribution in [2.45, 2.75) is 12.3 Å². The summed E-state index contributed by atoms with van der Waals surface area (Å²) in [6, 6.07) is 13.0. The second kappa shape index (κ2) is 6.41. The van der Waals surface area contributed by atoms with E-state index in [9.17, 15) is 14.7 Å². The average molecular weight is 305 g/mol. The Morgan fingerprint density at radius 3 is 2.14 bits per heavy atom. The third-order valence-electron chi connectivity index (χ3n) is 3.22. The van der Waals surface area contributed by atoms with E-state index in [-0.39, 0.29) is 12.0 Å². The van der Waals surface area contributed by atoms with E-state index in [1.54, 1.807) is 36.4 Å². The number of rotatable bonds is 5. The molecule has 108 valence electrons. The van der Waals surface area contributed by atoms with Crippen molar-refractivity contribution in [3.8, 4) is 0 Å². The summed E-state index contributed by atoms with van der Waals surface area (Å²) in [6.07, 6.45) is 0.249. The van der Waals surface area contributed by atoms with Gasteiger partial charge in [-0.25, -0.2) is 4.79 Å². The number of halogens is 1. The van der Waals surface area contributed by atoms with E-state index in [0.29, 0.717) is 10.6 Å². The maximum absolute atomic E-state index is 11.5. The number of benzene rings is 2. The van der Waals surface area contributed by atoms with Crippen molar-refractivity contribution in [2.75, 3.05) is 0 Å². The van der Waals surface area contributed by atoms with Gasteiger partial charge in [-0.3, -0.25) is 4.79 Å². The lowest BCUT2D eigenvalue weighted by atomic mass is 9.91. The van der Waals surface area contributed by atoms with Gasteiger partial charge >= 0.3 is 11.9 Å². The van der Waals surface area contributed by atoms with E-state index in [2.05, 4.69) is 0 Å². The molecule has 0 radical (unpaired) electrons. The first kappa shape index (κ1) is 15.1. The second-order valence-corrected chi connectivity index (χ2v) is 5.03. The highest BCUT2D eigenvalue weighted by atomic mass is 35.5. The molecule has 0 aliphatic heterocycles. The molecule has 0 aliphatic carbocycles. The van der Waals surface area contributed by atoms with Gasteiger partial charge in [0, 0.05) is 5.02 Å². The summed E-state index contributed by atoms with van der Waals surface area (Å²) in [5, 5.41) is 18.7. The molecule has 2 rings (SSSR count). The summed E-state index contributed by atoms with van der Waals surface area (Å²) in [5.74, 6) is -2.75. The highest BCUT2D eigenvalue weighted by Gasteiger charge is 2.22. The number of carboxylic acids is 2. The van der Waals surface area contributed by atoms with E-state index < -0.39 is 17.9 Å². The maximum atomic E-state index is 11.5. The van der Waals surface area contributed by atoms with Gasteiger partial charge < -0.3 is 10.2 Å². The van der Waals surface area contributed by atoms with Gasteiger partial charge in [-0.2, -0.15) is 0 Å². The van der Waals surface area contributed by atoms with E-state index in [1.807, 2.05) is 0 Å². The van der Waals surface area contributed by atoms with Crippen molar-refractivity contribution in [2.24, 2.45) is 0 Å². The molecule has 0 amide bonds. The lowest BCUT2D eigenvalue weighted by Crippen LogP contribution is -2.15. The van der Waals surface area contributed by atoms with Crippen molar-refractivity contribution >= 4 is 23.5 Å². The van der Waals surface area contributed by atoms with Gasteiger partial charge in [0.05, 0.1) is 11.5 Å². The normalized spacial score (nSPS) is 11.9. The molecule has 0 saturated carbocycles. The zero-order valence-corrected chi connectivity index (χ0v) is 11.7. The molecule has 2 aromatic carbocycles. The Labute approximate surface area is 126 Å². The zero-order valence-electron chi connectivity index (χ0n) is 11.0. The van der Waals surface area contributed by atoms with Gasteiger partial charge in [0.15, 0.2) is 0 Å². The third-order valence-corrected chi connectivity index (χ3v) is 3.56. The van der Waals surface area contributed by atoms with Crippen LogP contribution in [-0.2, 0) is 11.2 Å². The van der Waals surface area contributed by atoms with Crippen LogP contribution < -0.4 is 0 Å². The quantitative estimate of drug-likeness (QED) is 0.887. The van der Waals surface area contributed by atoms with Gasteiger partial charge in [0.2, 0.25) is 0 Å². The molecule has 0 fully saturated rings. The molecular formula is C16H13ClO4. The minimum absolute atomic E-state index is 0.170. The fourth-order valence-corrected chi connectivity index (χ4v) is 2.37. The molecule has 0 heterocycles. The highest BCUT2D eigenvalue weighted by molar-refractivity contribution is 6.31. The Morgan fingerprint density at radius 2 is 1.62 bits per heavy atom. The van der Waals surface area contributed by atoms with Crippen LogP contribution in [0.3, 0.4) is 0 Å². The molecular weight excluding hydrogens is 292 g/mol. The van der Waals surface area contributed by atoms with Crippen molar-refractivity contribution in [1.82, 2.24) is 0 Å². The van der Waals surface area contributed by atoms with Crippen LogP contribution in [0.25, 0.3) is 0 Å². The smallest absolute Gasteiger partial charge is 0.335 e. The fraction of sp³-hybridized carbons (Fsp3) is 0.125. The molecule has 21 heavy (non-hydrogen) atoms. The predicted molar refractivity (Wildman–Crippen MR) is 78.9 cm³/mol. The van der Waals surface area contributed by atoms with Crippen molar-refractivity contribution in [3.63, 3.8) is 0 Å². The van der Waals surface area contributed by atoms with Crippen molar-refractivity contribution < 1.29 is 19.8 Å². The third kappa shape index (κ3) is 3.61. The molecule has 1 unspecified atom stereocenters. The van der Waals surface area contributed by atoms with Gasteiger partial charge in [-0.1, -0.05) is 41.9 Å². The Kier molecular flexibility index (Phi) is 4.60. The molecule has 4 nitrogen and oxygen atoms in total. The standard InChI is InChI=1S/C16H13ClO4/c17-14-4-2-1-3-12(14)13(16(20)21)9-10-5-7-11(8-6-10)15(18)19/h1-8,13H,9H2,(H,18,19)(H,20,21). The minimum Gasteiger partial charge on any atom is -0.481 e. The van der Waals surface area contributed by atoms with Crippen LogP contribution in [0.2, 0.25) is 5.02 Å². The Hall–Kier alpha value is -2.33. The molecule has 0 spiro atoms. The Morgan fingerprint density at radius 1 is 1.00 bits per heavy atom. The number of hydrogen-bond donors (Lipinski definition) is 2. The molecule has 2 aromatic rings. The summed E-state index contributed by atoms with van der Waals surface area (Å²) < 4.78 is 0. The minimum atomic E-state index is -1.01. The van der Waals surface area contributed by atoms with Gasteiger partial charge in [0.1, 0.15) is 0 Å². The van der Waals surface area contributed by atoms with Crippen LogP contribution in [-0.4, -0.2) is 22.2 Å². The van der Waals surface area contributed by atoms with E-state index in [0.717, 1.165) is 5.56 Å². The van der Waals surface area contributed by atoms with Gasteiger partial charge in [-0.15, -0.1) is 0 Å². The monoisotopic (exact) mass is 304 g/mol. The topological polar surface area (TPSA) is 74.6 Å². The van der Waals surface area contributed by atoms with Gasteiger partial charge in [-0.05, 0) is 35.7 Å². The summed E-state index contributed by atoms with van der Waals surface area (Å²) in [6.45, 7) is 0. The van der Waals surface area contributed by atoms with E-state index in [4.69, 9.17) is 16.7 Å². The number of hydrogen-bond acceptors (Lipinski definition) is 2. The number of aromatic carboxylic acids is 1. The van der Waals surface area contributed by atoms with Crippen LogP contribution in [0.4, 0.5) is 0 Å². The molecule has 0 aliphatic rings. The molecule has 2 N–H and O–H groups in total. The van der Waals surface area contributed by atoms with Crippen molar-refractivity contribution in [3.05, 3.63) is 70.2 Å². The molecule has 5 heteroatoms. The zero-order chi connectivity index (χ0) is 15.4. The average Bonchev–Trinajstić information content (AvgIpc) is 2.46. The summed E-state index contributed by atoms with van der Waals surface area (Å²) in [5.41, 5.74) is 1.46. The van der Waals surface area contributed by atoms with Gasteiger partial charge in [0.25, 0.3) is 0 Å². The number of carbonyl (C=O) groups is 2. The Balaban J connectivity index is 2.27. The maximum Gasteiger partial charge on any atom is 0.335 e. The molecule has 0 bridgehead atoms. The number of aliphatic carboxylic acids is 1. The fourth-order valence-electron chi connectivity index (χ4n) is 2.11. The lowest BCUT2D eigenvalue weighted by Gasteiger charge is -2.14. The van der Waals surface area contributed by atoms with Crippen molar-refractivity contribution in [1.29, 1.82) is 0 Å².